The first-order valence-electron chi connectivity index (χ1n) is 6.86. The Balaban J connectivity index is 2.19. The number of nitrogens with zero attached hydrogens (tertiary/aromatic N) is 1. The molecule has 0 aromatic heterocycles. The molecule has 1 aromatic rings. The summed E-state index contributed by atoms with van der Waals surface area (Å²) in [6.45, 7) is 0.0621. The van der Waals surface area contributed by atoms with Gasteiger partial charge in [0.1, 0.15) is 11.5 Å². The van der Waals surface area contributed by atoms with Gasteiger partial charge in [0.2, 0.25) is 0 Å². The Kier molecular flexibility index (Phi) is 4.40. The van der Waals surface area contributed by atoms with Crippen LogP contribution in [0.1, 0.15) is 32.1 Å². The molecule has 1 fully saturated rings. The zero-order chi connectivity index (χ0) is 15.5. The maximum atomic E-state index is 13.3. The number of halogens is 1. The third-order valence-corrected chi connectivity index (χ3v) is 4.04. The van der Waals surface area contributed by atoms with Crippen molar-refractivity contribution in [2.45, 2.75) is 32.1 Å². The number of hydrogen-bond donors (Lipinski definition) is 2. The molecule has 0 bridgehead atoms. The number of carboxylic acids is 1. The summed E-state index contributed by atoms with van der Waals surface area (Å²) in [5.41, 5.74) is -1.17. The molecular formula is C14H17FN2O4. The van der Waals surface area contributed by atoms with Crippen molar-refractivity contribution in [2.75, 3.05) is 11.9 Å². The lowest BCUT2D eigenvalue weighted by molar-refractivity contribution is -0.384. The maximum absolute atomic E-state index is 13.3. The van der Waals surface area contributed by atoms with Gasteiger partial charge in [0.25, 0.3) is 5.69 Å². The summed E-state index contributed by atoms with van der Waals surface area (Å²) in [6.07, 6.45) is 3.69. The summed E-state index contributed by atoms with van der Waals surface area (Å²) >= 11 is 0. The van der Waals surface area contributed by atoms with E-state index in [0.29, 0.717) is 12.8 Å². The van der Waals surface area contributed by atoms with Gasteiger partial charge in [-0.15, -0.1) is 0 Å². The van der Waals surface area contributed by atoms with Gasteiger partial charge < -0.3 is 10.4 Å². The Morgan fingerprint density at radius 1 is 1.38 bits per heavy atom. The van der Waals surface area contributed by atoms with Crippen LogP contribution in [0.4, 0.5) is 15.8 Å². The summed E-state index contributed by atoms with van der Waals surface area (Å²) in [6, 6.07) is 3.11. The highest BCUT2D eigenvalue weighted by molar-refractivity contribution is 5.76. The summed E-state index contributed by atoms with van der Waals surface area (Å²) in [7, 11) is 0. The van der Waals surface area contributed by atoms with Crippen molar-refractivity contribution in [3.05, 3.63) is 34.1 Å². The van der Waals surface area contributed by atoms with E-state index >= 15 is 0 Å². The van der Waals surface area contributed by atoms with Crippen LogP contribution in [-0.4, -0.2) is 22.5 Å². The molecule has 2 rings (SSSR count). The van der Waals surface area contributed by atoms with Crippen LogP contribution in [0, 0.1) is 21.3 Å². The second-order valence-corrected chi connectivity index (χ2v) is 5.42. The van der Waals surface area contributed by atoms with Gasteiger partial charge in [-0.3, -0.25) is 14.9 Å². The monoisotopic (exact) mass is 296 g/mol. The van der Waals surface area contributed by atoms with Gasteiger partial charge in [0.15, 0.2) is 0 Å². The molecule has 0 amide bonds. The second kappa shape index (κ2) is 6.07. The molecule has 0 unspecified atom stereocenters. The average molecular weight is 296 g/mol. The zero-order valence-corrected chi connectivity index (χ0v) is 11.5. The largest absolute Gasteiger partial charge is 0.481 e. The number of hydrogen-bond acceptors (Lipinski definition) is 4. The molecule has 21 heavy (non-hydrogen) atoms. The Morgan fingerprint density at radius 3 is 2.62 bits per heavy atom. The first kappa shape index (κ1) is 15.2. The van der Waals surface area contributed by atoms with E-state index in [-0.39, 0.29) is 17.9 Å². The van der Waals surface area contributed by atoms with E-state index < -0.39 is 22.1 Å². The van der Waals surface area contributed by atoms with E-state index in [1.165, 1.54) is 0 Å². The number of anilines is 1. The molecule has 2 N–H and O–H groups in total. The Labute approximate surface area is 121 Å². The van der Waals surface area contributed by atoms with Gasteiger partial charge in [-0.25, -0.2) is 4.39 Å². The van der Waals surface area contributed by atoms with Crippen LogP contribution in [0.3, 0.4) is 0 Å². The lowest BCUT2D eigenvalue weighted by Gasteiger charge is -2.33. The van der Waals surface area contributed by atoms with E-state index in [2.05, 4.69) is 5.32 Å². The van der Waals surface area contributed by atoms with Crippen molar-refractivity contribution in [3.63, 3.8) is 0 Å². The summed E-state index contributed by atoms with van der Waals surface area (Å²) < 4.78 is 13.3. The third kappa shape index (κ3) is 3.29. The molecular weight excluding hydrogens is 279 g/mol. The molecule has 1 saturated carbocycles. The van der Waals surface area contributed by atoms with Crippen molar-refractivity contribution in [1.29, 1.82) is 0 Å². The van der Waals surface area contributed by atoms with Gasteiger partial charge in [-0.05, 0) is 18.9 Å². The highest BCUT2D eigenvalue weighted by Gasteiger charge is 2.39. The number of carboxylic acid groups (broad SMARTS) is 1. The minimum Gasteiger partial charge on any atom is -0.481 e. The molecule has 1 aromatic carbocycles. The quantitative estimate of drug-likeness (QED) is 0.643. The lowest BCUT2D eigenvalue weighted by atomic mass is 9.74. The van der Waals surface area contributed by atoms with E-state index in [4.69, 9.17) is 0 Å². The minimum atomic E-state index is -0.932. The first-order valence-corrected chi connectivity index (χ1v) is 6.86. The number of carbonyl (C=O) groups is 1. The molecule has 0 atom stereocenters. The molecule has 6 nitrogen and oxygen atoms in total. The maximum Gasteiger partial charge on any atom is 0.311 e. The molecule has 7 heteroatoms. The second-order valence-electron chi connectivity index (χ2n) is 5.42. The van der Waals surface area contributed by atoms with Crippen LogP contribution in [-0.2, 0) is 4.79 Å². The molecule has 0 aliphatic heterocycles. The van der Waals surface area contributed by atoms with Crippen LogP contribution in [0.2, 0.25) is 0 Å². The van der Waals surface area contributed by atoms with Crippen molar-refractivity contribution in [2.24, 2.45) is 5.41 Å². The first-order chi connectivity index (χ1) is 9.94. The molecule has 114 valence electrons. The summed E-state index contributed by atoms with van der Waals surface area (Å²) in [5, 5.41) is 23.1. The van der Waals surface area contributed by atoms with Gasteiger partial charge in [-0.1, -0.05) is 19.3 Å². The minimum absolute atomic E-state index is 0.0196. The number of aliphatic carboxylic acids is 1. The fourth-order valence-corrected chi connectivity index (χ4v) is 2.77. The molecule has 0 radical (unpaired) electrons. The highest BCUT2D eigenvalue weighted by Crippen LogP contribution is 2.37. The number of nitro benzene ring substituents is 1. The van der Waals surface area contributed by atoms with Crippen molar-refractivity contribution in [1.82, 2.24) is 0 Å². The summed E-state index contributed by atoms with van der Waals surface area (Å²) in [5.74, 6) is -1.51. The van der Waals surface area contributed by atoms with Gasteiger partial charge in [0.05, 0.1) is 10.3 Å². The number of benzene rings is 1. The predicted octanol–water partition coefficient (Wildman–Crippen LogP) is 3.18. The highest BCUT2D eigenvalue weighted by atomic mass is 19.1. The smallest absolute Gasteiger partial charge is 0.311 e. The van der Waals surface area contributed by atoms with Crippen LogP contribution in [0.15, 0.2) is 18.2 Å². The van der Waals surface area contributed by atoms with Gasteiger partial charge >= 0.3 is 5.97 Å². The molecule has 0 saturated heterocycles. The molecule has 1 aliphatic rings. The molecule has 0 spiro atoms. The normalized spacial score (nSPS) is 17.2. The zero-order valence-electron chi connectivity index (χ0n) is 11.5. The van der Waals surface area contributed by atoms with E-state index in [1.54, 1.807) is 0 Å². The Hall–Kier alpha value is -2.18. The fraction of sp³-hybridized carbons (Fsp3) is 0.500. The molecule has 0 heterocycles. The predicted molar refractivity (Wildman–Crippen MR) is 74.7 cm³/mol. The van der Waals surface area contributed by atoms with Gasteiger partial charge in [-0.2, -0.15) is 0 Å². The van der Waals surface area contributed by atoms with Crippen molar-refractivity contribution >= 4 is 17.3 Å². The lowest BCUT2D eigenvalue weighted by Crippen LogP contribution is -2.39. The van der Waals surface area contributed by atoms with Crippen LogP contribution in [0.5, 0.6) is 0 Å². The topological polar surface area (TPSA) is 92.5 Å². The van der Waals surface area contributed by atoms with Gasteiger partial charge in [0, 0.05) is 18.7 Å². The fourth-order valence-electron chi connectivity index (χ4n) is 2.77. The number of rotatable bonds is 5. The third-order valence-electron chi connectivity index (χ3n) is 4.04. The Morgan fingerprint density at radius 2 is 2.05 bits per heavy atom. The average Bonchev–Trinajstić information content (AvgIpc) is 2.45. The van der Waals surface area contributed by atoms with Crippen LogP contribution in [0.25, 0.3) is 0 Å². The van der Waals surface area contributed by atoms with E-state index in [0.717, 1.165) is 37.5 Å². The van der Waals surface area contributed by atoms with Crippen molar-refractivity contribution in [3.8, 4) is 0 Å². The van der Waals surface area contributed by atoms with E-state index in [1.807, 2.05) is 0 Å². The number of nitrogens with one attached hydrogen (secondary N) is 1. The SMILES string of the molecule is O=C(O)C1(CNc2cc(F)ccc2[N+](=O)[O-])CCCCC1. The van der Waals surface area contributed by atoms with E-state index in [9.17, 15) is 24.4 Å². The Bertz CT molecular complexity index is 556. The number of nitro groups is 1. The summed E-state index contributed by atoms with van der Waals surface area (Å²) in [4.78, 5) is 21.8. The standard InChI is InChI=1S/C14H17FN2O4/c15-10-4-5-12(17(20)21)11(8-10)16-9-14(13(18)19)6-2-1-3-7-14/h4-5,8,16H,1-3,6-7,9H2,(H,18,19). The van der Waals surface area contributed by atoms with Crippen molar-refractivity contribution < 1.29 is 19.2 Å². The van der Waals surface area contributed by atoms with Crippen LogP contribution >= 0.6 is 0 Å². The van der Waals surface area contributed by atoms with Crippen LogP contribution < -0.4 is 5.32 Å². The molecule has 1 aliphatic carbocycles.